The standard InChI is InChI=1S/C9H7FO4/c10-7(9(13)14)5-3-1-2-4-6(5)8(11)12/h1-4,7H,(H,11,12)(H,13,14). The van der Waals surface area contributed by atoms with Gasteiger partial charge in [0.05, 0.1) is 5.56 Å². The molecule has 1 aromatic rings. The lowest BCUT2D eigenvalue weighted by atomic mass is 10.0. The number of aromatic carboxylic acids is 1. The molecular weight excluding hydrogens is 191 g/mol. The van der Waals surface area contributed by atoms with Crippen molar-refractivity contribution in [2.75, 3.05) is 0 Å². The molecule has 14 heavy (non-hydrogen) atoms. The Bertz CT molecular complexity index is 375. The molecule has 0 amide bonds. The van der Waals surface area contributed by atoms with Crippen molar-refractivity contribution >= 4 is 11.9 Å². The number of benzene rings is 1. The van der Waals surface area contributed by atoms with Gasteiger partial charge in [-0.05, 0) is 6.07 Å². The van der Waals surface area contributed by atoms with Crippen LogP contribution >= 0.6 is 0 Å². The van der Waals surface area contributed by atoms with Crippen molar-refractivity contribution < 1.29 is 24.2 Å². The second-order valence-corrected chi connectivity index (χ2v) is 2.59. The number of rotatable bonds is 3. The third-order valence-electron chi connectivity index (χ3n) is 1.68. The highest BCUT2D eigenvalue weighted by Crippen LogP contribution is 2.21. The molecule has 74 valence electrons. The van der Waals surface area contributed by atoms with Gasteiger partial charge in [-0.1, -0.05) is 18.2 Å². The first-order chi connectivity index (χ1) is 6.54. The van der Waals surface area contributed by atoms with Gasteiger partial charge < -0.3 is 10.2 Å². The molecule has 0 heterocycles. The highest BCUT2D eigenvalue weighted by molar-refractivity contribution is 5.91. The Morgan fingerprint density at radius 3 is 2.29 bits per heavy atom. The second-order valence-electron chi connectivity index (χ2n) is 2.59. The molecular formula is C9H7FO4. The Kier molecular flexibility index (Phi) is 2.81. The maximum atomic E-state index is 13.0. The molecule has 0 radical (unpaired) electrons. The van der Waals surface area contributed by atoms with E-state index < -0.39 is 18.1 Å². The average molecular weight is 198 g/mol. The third kappa shape index (κ3) is 1.87. The molecule has 1 aromatic carbocycles. The lowest BCUT2D eigenvalue weighted by molar-refractivity contribution is -0.143. The van der Waals surface area contributed by atoms with Crippen LogP contribution in [0.1, 0.15) is 22.1 Å². The van der Waals surface area contributed by atoms with Crippen molar-refractivity contribution in [1.82, 2.24) is 0 Å². The maximum Gasteiger partial charge on any atom is 0.343 e. The van der Waals surface area contributed by atoms with Gasteiger partial charge in [0, 0.05) is 5.56 Å². The molecule has 0 saturated carbocycles. The van der Waals surface area contributed by atoms with Gasteiger partial charge in [-0.2, -0.15) is 0 Å². The Labute approximate surface area is 78.6 Å². The van der Waals surface area contributed by atoms with Gasteiger partial charge in [0.15, 0.2) is 0 Å². The number of hydrogen-bond acceptors (Lipinski definition) is 2. The molecule has 0 aliphatic rings. The Hall–Kier alpha value is -1.91. The first-order valence-corrected chi connectivity index (χ1v) is 3.73. The SMILES string of the molecule is O=C(O)c1ccccc1C(F)C(=O)O. The van der Waals surface area contributed by atoms with Crippen molar-refractivity contribution in [2.45, 2.75) is 6.17 Å². The minimum atomic E-state index is -2.30. The van der Waals surface area contributed by atoms with E-state index in [-0.39, 0.29) is 11.1 Å². The Morgan fingerprint density at radius 1 is 1.21 bits per heavy atom. The maximum absolute atomic E-state index is 13.0. The van der Waals surface area contributed by atoms with Crippen LogP contribution < -0.4 is 0 Å². The molecule has 5 heteroatoms. The van der Waals surface area contributed by atoms with Gasteiger partial charge in [0.2, 0.25) is 6.17 Å². The Balaban J connectivity index is 3.19. The molecule has 0 spiro atoms. The molecule has 1 atom stereocenters. The quantitative estimate of drug-likeness (QED) is 0.771. The highest BCUT2D eigenvalue weighted by Gasteiger charge is 2.23. The number of carboxylic acid groups (broad SMARTS) is 2. The van der Waals surface area contributed by atoms with Crippen molar-refractivity contribution in [3.63, 3.8) is 0 Å². The van der Waals surface area contributed by atoms with Crippen LogP contribution in [0.5, 0.6) is 0 Å². The molecule has 1 unspecified atom stereocenters. The van der Waals surface area contributed by atoms with Gasteiger partial charge in [0.25, 0.3) is 0 Å². The van der Waals surface area contributed by atoms with E-state index in [1.807, 2.05) is 0 Å². The molecule has 0 aliphatic heterocycles. The van der Waals surface area contributed by atoms with E-state index in [1.54, 1.807) is 0 Å². The zero-order chi connectivity index (χ0) is 10.7. The monoisotopic (exact) mass is 198 g/mol. The predicted molar refractivity (Wildman–Crippen MR) is 44.9 cm³/mol. The number of carbonyl (C=O) groups is 2. The number of aliphatic carboxylic acids is 1. The van der Waals surface area contributed by atoms with Crippen LogP contribution in [0.25, 0.3) is 0 Å². The summed E-state index contributed by atoms with van der Waals surface area (Å²) in [5.41, 5.74) is -0.671. The van der Waals surface area contributed by atoms with Crippen molar-refractivity contribution in [1.29, 1.82) is 0 Å². The fraction of sp³-hybridized carbons (Fsp3) is 0.111. The summed E-state index contributed by atoms with van der Waals surface area (Å²) in [5.74, 6) is -3.04. The van der Waals surface area contributed by atoms with Gasteiger partial charge in [0.1, 0.15) is 0 Å². The summed E-state index contributed by atoms with van der Waals surface area (Å²) in [4.78, 5) is 20.9. The van der Waals surface area contributed by atoms with Gasteiger partial charge >= 0.3 is 11.9 Å². The number of alkyl halides is 1. The van der Waals surface area contributed by atoms with Crippen molar-refractivity contribution in [3.05, 3.63) is 35.4 Å². The fourth-order valence-electron chi connectivity index (χ4n) is 1.05. The summed E-state index contributed by atoms with van der Waals surface area (Å²) in [6.45, 7) is 0. The van der Waals surface area contributed by atoms with E-state index in [0.717, 1.165) is 12.1 Å². The summed E-state index contributed by atoms with van der Waals surface area (Å²) < 4.78 is 13.0. The number of halogens is 1. The number of carboxylic acids is 2. The zero-order valence-electron chi connectivity index (χ0n) is 6.98. The van der Waals surface area contributed by atoms with Crippen LogP contribution in [0.15, 0.2) is 24.3 Å². The summed E-state index contributed by atoms with van der Waals surface area (Å²) in [6, 6.07) is 5.09. The normalized spacial score (nSPS) is 12.1. The molecule has 2 N–H and O–H groups in total. The van der Waals surface area contributed by atoms with E-state index in [0.29, 0.717) is 0 Å². The highest BCUT2D eigenvalue weighted by atomic mass is 19.1. The van der Waals surface area contributed by atoms with Crippen LogP contribution in [0, 0.1) is 0 Å². The van der Waals surface area contributed by atoms with Crippen LogP contribution in [0.2, 0.25) is 0 Å². The second kappa shape index (κ2) is 3.87. The molecule has 0 aliphatic carbocycles. The molecule has 4 nitrogen and oxygen atoms in total. The van der Waals surface area contributed by atoms with E-state index in [4.69, 9.17) is 10.2 Å². The molecule has 0 fully saturated rings. The van der Waals surface area contributed by atoms with E-state index in [2.05, 4.69) is 0 Å². The lowest BCUT2D eigenvalue weighted by Crippen LogP contribution is -2.11. The van der Waals surface area contributed by atoms with Crippen molar-refractivity contribution in [2.24, 2.45) is 0 Å². The average Bonchev–Trinajstić information content (AvgIpc) is 2.16. The van der Waals surface area contributed by atoms with Gasteiger partial charge in [-0.25, -0.2) is 14.0 Å². The van der Waals surface area contributed by atoms with Crippen LogP contribution in [0.3, 0.4) is 0 Å². The molecule has 0 aromatic heterocycles. The topological polar surface area (TPSA) is 74.6 Å². The minimum Gasteiger partial charge on any atom is -0.479 e. The summed E-state index contributed by atoms with van der Waals surface area (Å²) >= 11 is 0. The zero-order valence-corrected chi connectivity index (χ0v) is 6.98. The molecule has 1 rings (SSSR count). The minimum absolute atomic E-state index is 0.331. The lowest BCUT2D eigenvalue weighted by Gasteiger charge is -2.06. The van der Waals surface area contributed by atoms with Crippen LogP contribution in [0.4, 0.5) is 4.39 Å². The van der Waals surface area contributed by atoms with E-state index >= 15 is 0 Å². The van der Waals surface area contributed by atoms with E-state index in [9.17, 15) is 14.0 Å². The molecule has 0 saturated heterocycles. The van der Waals surface area contributed by atoms with Gasteiger partial charge in [-0.15, -0.1) is 0 Å². The fourth-order valence-corrected chi connectivity index (χ4v) is 1.05. The predicted octanol–water partition coefficient (Wildman–Crippen LogP) is 1.48. The van der Waals surface area contributed by atoms with Crippen molar-refractivity contribution in [3.8, 4) is 0 Å². The number of hydrogen-bond donors (Lipinski definition) is 2. The third-order valence-corrected chi connectivity index (χ3v) is 1.68. The molecule has 0 bridgehead atoms. The summed E-state index contributed by atoms with van der Waals surface area (Å²) in [6.07, 6.45) is -2.30. The van der Waals surface area contributed by atoms with Gasteiger partial charge in [-0.3, -0.25) is 0 Å². The first kappa shape index (κ1) is 10.2. The van der Waals surface area contributed by atoms with Crippen LogP contribution in [-0.2, 0) is 4.79 Å². The Morgan fingerprint density at radius 2 is 1.79 bits per heavy atom. The first-order valence-electron chi connectivity index (χ1n) is 3.73. The largest absolute Gasteiger partial charge is 0.479 e. The summed E-state index contributed by atoms with van der Waals surface area (Å²) in [7, 11) is 0. The van der Waals surface area contributed by atoms with E-state index in [1.165, 1.54) is 12.1 Å². The summed E-state index contributed by atoms with van der Waals surface area (Å²) in [5, 5.41) is 17.0. The smallest absolute Gasteiger partial charge is 0.343 e. The van der Waals surface area contributed by atoms with Crippen LogP contribution in [-0.4, -0.2) is 22.2 Å².